The first-order chi connectivity index (χ1) is 7.59. The first kappa shape index (κ1) is 12.8. The van der Waals surface area contributed by atoms with Gasteiger partial charge >= 0.3 is 13.8 Å². The molecule has 2 N–H and O–H groups in total. The van der Waals surface area contributed by atoms with Crippen molar-refractivity contribution in [1.29, 1.82) is 0 Å². The minimum Gasteiger partial charge on any atom is -0.479 e. The van der Waals surface area contributed by atoms with Crippen LogP contribution in [-0.2, 0) is 15.8 Å². The minimum absolute atomic E-state index is 0.169. The Morgan fingerprint density at radius 3 is 2.50 bits per heavy atom. The maximum atomic E-state index is 11.5. The minimum atomic E-state index is -1.66. The zero-order valence-corrected chi connectivity index (χ0v) is 9.64. The molecule has 5 heteroatoms. The van der Waals surface area contributed by atoms with Crippen LogP contribution in [0.3, 0.4) is 0 Å². The molecule has 0 saturated heterocycles. The second-order valence-corrected chi connectivity index (χ2v) is 5.25. The fourth-order valence-corrected chi connectivity index (χ4v) is 2.49. The number of aliphatic hydroxyl groups excluding tert-OH is 1. The van der Waals surface area contributed by atoms with E-state index in [4.69, 9.17) is 10.2 Å². The molecule has 0 saturated carbocycles. The number of aliphatic carboxylic acids is 1. The monoisotopic (exact) mass is 241 g/mol. The summed E-state index contributed by atoms with van der Waals surface area (Å²) in [5.74, 6) is -1.32. The fraction of sp³-hybridized carbons (Fsp3) is 0.364. The van der Waals surface area contributed by atoms with E-state index in [1.54, 1.807) is 0 Å². The van der Waals surface area contributed by atoms with Crippen LogP contribution in [0.15, 0.2) is 30.3 Å². The summed E-state index contributed by atoms with van der Waals surface area (Å²) in [6, 6.07) is 9.55. The summed E-state index contributed by atoms with van der Waals surface area (Å²) in [6.45, 7) is 0. The van der Waals surface area contributed by atoms with Gasteiger partial charge in [0.1, 0.15) is 6.16 Å². The van der Waals surface area contributed by atoms with Crippen LogP contribution in [0, 0.1) is 0 Å². The molecular weight excluding hydrogens is 227 g/mol. The predicted molar refractivity (Wildman–Crippen MR) is 61.1 cm³/mol. The zero-order valence-electron chi connectivity index (χ0n) is 8.74. The van der Waals surface area contributed by atoms with Gasteiger partial charge in [-0.05, 0) is 5.56 Å². The normalized spacial score (nSPS) is 13.2. The molecule has 16 heavy (non-hydrogen) atoms. The van der Waals surface area contributed by atoms with E-state index in [1.807, 2.05) is 30.3 Å². The molecule has 0 bridgehead atoms. The van der Waals surface area contributed by atoms with Crippen molar-refractivity contribution in [3.63, 3.8) is 0 Å². The average Bonchev–Trinajstić information content (AvgIpc) is 2.27. The quantitative estimate of drug-likeness (QED) is 0.740. The molecule has 0 aliphatic heterocycles. The van der Waals surface area contributed by atoms with Crippen molar-refractivity contribution in [2.24, 2.45) is 0 Å². The Morgan fingerprint density at radius 2 is 1.94 bits per heavy atom. The molecule has 0 amide bonds. The standard InChI is InChI=1S/C11H13O4P/c12-10(11(13)14)8-16(15)7-6-9-4-2-1-3-5-9/h1-5,10,12H,6-8H2/p+1. The molecule has 2 atom stereocenters. The zero-order chi connectivity index (χ0) is 12.0. The van der Waals surface area contributed by atoms with Gasteiger partial charge in [-0.25, -0.2) is 4.79 Å². The summed E-state index contributed by atoms with van der Waals surface area (Å²) >= 11 is 0. The lowest BCUT2D eigenvalue weighted by Crippen LogP contribution is -2.22. The van der Waals surface area contributed by atoms with E-state index in [9.17, 15) is 9.36 Å². The second-order valence-electron chi connectivity index (χ2n) is 3.48. The third kappa shape index (κ3) is 4.51. The number of rotatable bonds is 6. The lowest BCUT2D eigenvalue weighted by atomic mass is 10.2. The van der Waals surface area contributed by atoms with Crippen molar-refractivity contribution >= 4 is 13.8 Å². The van der Waals surface area contributed by atoms with Crippen LogP contribution in [-0.4, -0.2) is 34.6 Å². The molecule has 86 valence electrons. The molecular formula is C11H14O4P+. The molecule has 0 spiro atoms. The van der Waals surface area contributed by atoms with Gasteiger partial charge in [-0.15, -0.1) is 0 Å². The predicted octanol–water partition coefficient (Wildman–Crippen LogP) is 1.50. The van der Waals surface area contributed by atoms with Gasteiger partial charge in [-0.3, -0.25) is 0 Å². The highest BCUT2D eigenvalue weighted by Gasteiger charge is 2.25. The van der Waals surface area contributed by atoms with Crippen LogP contribution in [0.2, 0.25) is 0 Å². The van der Waals surface area contributed by atoms with Crippen LogP contribution in [0.1, 0.15) is 5.56 Å². The smallest absolute Gasteiger partial charge is 0.342 e. The number of aryl methyl sites for hydroxylation is 1. The van der Waals surface area contributed by atoms with Gasteiger partial charge in [0, 0.05) is 6.42 Å². The fourth-order valence-electron chi connectivity index (χ4n) is 1.26. The summed E-state index contributed by atoms with van der Waals surface area (Å²) in [5.41, 5.74) is 1.07. The van der Waals surface area contributed by atoms with Crippen molar-refractivity contribution in [3.8, 4) is 0 Å². The number of carboxylic acids is 1. The molecule has 4 nitrogen and oxygen atoms in total. The molecule has 0 heterocycles. The van der Waals surface area contributed by atoms with E-state index in [-0.39, 0.29) is 6.16 Å². The van der Waals surface area contributed by atoms with Gasteiger partial charge < -0.3 is 10.2 Å². The van der Waals surface area contributed by atoms with E-state index in [0.29, 0.717) is 12.6 Å². The Labute approximate surface area is 94.7 Å². The Morgan fingerprint density at radius 1 is 1.31 bits per heavy atom. The maximum absolute atomic E-state index is 11.5. The number of carboxylic acid groups (broad SMARTS) is 1. The van der Waals surface area contributed by atoms with Gasteiger partial charge in [-0.2, -0.15) is 0 Å². The van der Waals surface area contributed by atoms with E-state index in [0.717, 1.165) is 5.56 Å². The highest BCUT2D eigenvalue weighted by molar-refractivity contribution is 7.44. The van der Waals surface area contributed by atoms with Crippen molar-refractivity contribution in [2.45, 2.75) is 12.5 Å². The van der Waals surface area contributed by atoms with Crippen LogP contribution in [0.5, 0.6) is 0 Å². The van der Waals surface area contributed by atoms with E-state index in [1.165, 1.54) is 0 Å². The SMILES string of the molecule is O=C(O)C(O)C[P+](=O)CCc1ccccc1. The van der Waals surface area contributed by atoms with Gasteiger partial charge in [0.15, 0.2) is 12.3 Å². The number of aliphatic hydroxyl groups is 1. The van der Waals surface area contributed by atoms with Gasteiger partial charge in [0.2, 0.25) is 0 Å². The number of hydrogen-bond donors (Lipinski definition) is 2. The molecule has 0 aliphatic rings. The Bertz CT molecular complexity index is 364. The summed E-state index contributed by atoms with van der Waals surface area (Å²) in [6.07, 6.45) is -0.636. The third-order valence-electron chi connectivity index (χ3n) is 2.15. The average molecular weight is 241 g/mol. The molecule has 0 aromatic heterocycles. The van der Waals surface area contributed by atoms with Crippen LogP contribution in [0.25, 0.3) is 0 Å². The highest BCUT2D eigenvalue weighted by Crippen LogP contribution is 2.23. The molecule has 0 fully saturated rings. The lowest BCUT2D eigenvalue weighted by molar-refractivity contribution is -0.145. The molecule has 1 aromatic rings. The number of carbonyl (C=O) groups is 1. The summed E-state index contributed by atoms with van der Waals surface area (Å²) in [7, 11) is -1.66. The largest absolute Gasteiger partial charge is 0.479 e. The van der Waals surface area contributed by atoms with E-state index in [2.05, 4.69) is 0 Å². The van der Waals surface area contributed by atoms with Gasteiger partial charge in [0.05, 0.1) is 0 Å². The molecule has 0 aliphatic carbocycles. The van der Waals surface area contributed by atoms with Crippen molar-refractivity contribution < 1.29 is 19.6 Å². The Hall–Kier alpha value is -1.25. The Kier molecular flexibility index (Phi) is 5.09. The van der Waals surface area contributed by atoms with Crippen LogP contribution < -0.4 is 0 Å². The maximum Gasteiger partial charge on any atom is 0.342 e. The lowest BCUT2D eigenvalue weighted by Gasteiger charge is -1.97. The summed E-state index contributed by atoms with van der Waals surface area (Å²) in [5, 5.41) is 17.4. The number of hydrogen-bond acceptors (Lipinski definition) is 3. The van der Waals surface area contributed by atoms with Crippen LogP contribution in [0.4, 0.5) is 0 Å². The Balaban J connectivity index is 2.33. The second kappa shape index (κ2) is 6.36. The third-order valence-corrected chi connectivity index (χ3v) is 3.63. The first-order valence-electron chi connectivity index (χ1n) is 4.96. The van der Waals surface area contributed by atoms with Gasteiger partial charge in [-0.1, -0.05) is 34.9 Å². The highest BCUT2D eigenvalue weighted by atomic mass is 31.1. The topological polar surface area (TPSA) is 74.6 Å². The van der Waals surface area contributed by atoms with Crippen molar-refractivity contribution in [1.82, 2.24) is 0 Å². The first-order valence-corrected chi connectivity index (χ1v) is 6.59. The van der Waals surface area contributed by atoms with Crippen molar-refractivity contribution in [2.75, 3.05) is 12.3 Å². The molecule has 0 radical (unpaired) electrons. The molecule has 2 unspecified atom stereocenters. The van der Waals surface area contributed by atoms with E-state index >= 15 is 0 Å². The molecule has 1 aromatic carbocycles. The van der Waals surface area contributed by atoms with Gasteiger partial charge in [0.25, 0.3) is 0 Å². The van der Waals surface area contributed by atoms with E-state index < -0.39 is 19.9 Å². The number of benzene rings is 1. The van der Waals surface area contributed by atoms with Crippen molar-refractivity contribution in [3.05, 3.63) is 35.9 Å². The summed E-state index contributed by atoms with van der Waals surface area (Å²) < 4.78 is 11.5. The molecule has 1 rings (SSSR count). The summed E-state index contributed by atoms with van der Waals surface area (Å²) in [4.78, 5) is 10.3. The van der Waals surface area contributed by atoms with Crippen LogP contribution >= 0.6 is 7.80 Å².